The van der Waals surface area contributed by atoms with Crippen molar-refractivity contribution in [2.45, 2.75) is 76.7 Å². The molecule has 1 saturated heterocycles. The highest BCUT2D eigenvalue weighted by Gasteiger charge is 2.38. The van der Waals surface area contributed by atoms with Gasteiger partial charge in [0.15, 0.2) is 5.82 Å². The van der Waals surface area contributed by atoms with Gasteiger partial charge >= 0.3 is 0 Å². The molecule has 1 saturated carbocycles. The molecule has 10 heteroatoms. The number of methoxy groups -OCH3 is 1. The summed E-state index contributed by atoms with van der Waals surface area (Å²) in [6.07, 6.45) is 7.48. The van der Waals surface area contributed by atoms with E-state index in [-0.39, 0.29) is 30.6 Å². The molecule has 0 atom stereocenters. The fourth-order valence-electron chi connectivity index (χ4n) is 4.95. The van der Waals surface area contributed by atoms with Crippen LogP contribution in [0.25, 0.3) is 0 Å². The fraction of sp³-hybridized carbons (Fsp3) is 0.560. The van der Waals surface area contributed by atoms with Crippen LogP contribution in [0, 0.1) is 0 Å². The number of ether oxygens (including phenoxy) is 1. The summed E-state index contributed by atoms with van der Waals surface area (Å²) in [5.41, 5.74) is 0.625. The molecule has 3 amide bonds. The summed E-state index contributed by atoms with van der Waals surface area (Å²) < 4.78 is 10.8. The average Bonchev–Trinajstić information content (AvgIpc) is 3.42. The zero-order valence-corrected chi connectivity index (χ0v) is 20.4. The van der Waals surface area contributed by atoms with Crippen molar-refractivity contribution in [1.82, 2.24) is 15.5 Å². The summed E-state index contributed by atoms with van der Waals surface area (Å²) in [5.74, 6) is 1.15. The number of carbonyl (C=O) groups is 3. The molecule has 0 radical (unpaired) electrons. The Hall–Kier alpha value is -3.43. The second-order valence-corrected chi connectivity index (χ2v) is 9.27. The van der Waals surface area contributed by atoms with Crippen molar-refractivity contribution >= 4 is 29.1 Å². The van der Waals surface area contributed by atoms with Crippen LogP contribution in [0.15, 0.2) is 22.7 Å². The lowest BCUT2D eigenvalue weighted by Gasteiger charge is -2.30. The smallest absolute Gasteiger partial charge is 0.227 e. The van der Waals surface area contributed by atoms with Gasteiger partial charge in [-0.3, -0.25) is 14.4 Å². The molecule has 188 valence electrons. The molecular formula is C25H33N5O5. The number of aromatic nitrogens is 2. The number of hydrogen-bond donors (Lipinski definition) is 2. The molecule has 35 heavy (non-hydrogen) atoms. The van der Waals surface area contributed by atoms with Gasteiger partial charge in [0.25, 0.3) is 0 Å². The molecule has 2 N–H and O–H groups in total. The molecule has 1 aliphatic heterocycles. The van der Waals surface area contributed by atoms with Crippen molar-refractivity contribution in [3.05, 3.63) is 29.9 Å². The highest BCUT2D eigenvalue weighted by Crippen LogP contribution is 2.35. The normalized spacial score (nSPS) is 17.7. The number of aryl methyl sites for hydroxylation is 1. The van der Waals surface area contributed by atoms with E-state index < -0.39 is 5.54 Å². The summed E-state index contributed by atoms with van der Waals surface area (Å²) in [6.45, 7) is 2.13. The van der Waals surface area contributed by atoms with E-state index in [0.717, 1.165) is 44.9 Å². The van der Waals surface area contributed by atoms with Crippen molar-refractivity contribution in [2.75, 3.05) is 23.9 Å². The number of hydrogen-bond acceptors (Lipinski definition) is 7. The minimum absolute atomic E-state index is 0.0460. The number of carbonyl (C=O) groups excluding carboxylic acids is 3. The van der Waals surface area contributed by atoms with Crippen molar-refractivity contribution < 1.29 is 23.6 Å². The van der Waals surface area contributed by atoms with Gasteiger partial charge in [0.05, 0.1) is 12.8 Å². The first-order valence-corrected chi connectivity index (χ1v) is 12.3. The number of benzene rings is 1. The Morgan fingerprint density at radius 1 is 1.17 bits per heavy atom. The SMILES string of the molecule is COc1ccc(NC(=O)CCc2nc(C3(NC(C)=O)CCCCCC3)no2)cc1N1CCCC1=O. The van der Waals surface area contributed by atoms with Crippen LogP contribution in [0.3, 0.4) is 0 Å². The van der Waals surface area contributed by atoms with Crippen LogP contribution < -0.4 is 20.3 Å². The molecule has 0 unspecified atom stereocenters. The van der Waals surface area contributed by atoms with E-state index in [0.29, 0.717) is 41.8 Å². The number of anilines is 2. The molecular weight excluding hydrogens is 450 g/mol. The van der Waals surface area contributed by atoms with E-state index in [4.69, 9.17) is 9.26 Å². The predicted octanol–water partition coefficient (Wildman–Crippen LogP) is 3.46. The molecule has 1 aromatic heterocycles. The largest absolute Gasteiger partial charge is 0.495 e. The minimum Gasteiger partial charge on any atom is -0.495 e. The quantitative estimate of drug-likeness (QED) is 0.551. The summed E-state index contributed by atoms with van der Waals surface area (Å²) in [6, 6.07) is 5.25. The summed E-state index contributed by atoms with van der Waals surface area (Å²) >= 11 is 0. The fourth-order valence-corrected chi connectivity index (χ4v) is 4.95. The van der Waals surface area contributed by atoms with Crippen LogP contribution in [0.2, 0.25) is 0 Å². The highest BCUT2D eigenvalue weighted by molar-refractivity contribution is 5.98. The monoisotopic (exact) mass is 483 g/mol. The van der Waals surface area contributed by atoms with Crippen molar-refractivity contribution in [3.63, 3.8) is 0 Å². The average molecular weight is 484 g/mol. The Bertz CT molecular complexity index is 1070. The molecule has 0 spiro atoms. The third kappa shape index (κ3) is 5.80. The molecule has 4 rings (SSSR count). The summed E-state index contributed by atoms with van der Waals surface area (Å²) in [4.78, 5) is 42.9. The zero-order valence-electron chi connectivity index (χ0n) is 20.4. The van der Waals surface area contributed by atoms with E-state index in [1.54, 1.807) is 30.2 Å². The predicted molar refractivity (Wildman–Crippen MR) is 129 cm³/mol. The van der Waals surface area contributed by atoms with Crippen LogP contribution >= 0.6 is 0 Å². The highest BCUT2D eigenvalue weighted by atomic mass is 16.5. The van der Waals surface area contributed by atoms with Gasteiger partial charge in [-0.2, -0.15) is 4.98 Å². The summed E-state index contributed by atoms with van der Waals surface area (Å²) in [5, 5.41) is 10.1. The zero-order chi connectivity index (χ0) is 24.8. The van der Waals surface area contributed by atoms with Crippen molar-refractivity contribution in [2.24, 2.45) is 0 Å². The van der Waals surface area contributed by atoms with E-state index in [2.05, 4.69) is 20.8 Å². The Kier molecular flexibility index (Phi) is 7.67. The van der Waals surface area contributed by atoms with Crippen LogP contribution in [0.4, 0.5) is 11.4 Å². The van der Waals surface area contributed by atoms with E-state index in [9.17, 15) is 14.4 Å². The van der Waals surface area contributed by atoms with Crippen molar-refractivity contribution in [3.8, 4) is 5.75 Å². The van der Waals surface area contributed by atoms with Gasteiger partial charge < -0.3 is 24.8 Å². The van der Waals surface area contributed by atoms with Crippen LogP contribution in [-0.2, 0) is 26.3 Å². The topological polar surface area (TPSA) is 127 Å². The first-order valence-electron chi connectivity index (χ1n) is 12.3. The second-order valence-electron chi connectivity index (χ2n) is 9.27. The maximum atomic E-state index is 12.6. The maximum Gasteiger partial charge on any atom is 0.227 e. The Balaban J connectivity index is 1.40. The van der Waals surface area contributed by atoms with Gasteiger partial charge in [-0.25, -0.2) is 0 Å². The first-order chi connectivity index (χ1) is 16.9. The minimum atomic E-state index is -0.612. The van der Waals surface area contributed by atoms with Gasteiger partial charge in [-0.15, -0.1) is 0 Å². The molecule has 10 nitrogen and oxygen atoms in total. The lowest BCUT2D eigenvalue weighted by molar-refractivity contribution is -0.121. The van der Waals surface area contributed by atoms with Gasteiger partial charge in [-0.05, 0) is 37.5 Å². The van der Waals surface area contributed by atoms with Crippen LogP contribution in [0.5, 0.6) is 5.75 Å². The molecule has 2 aromatic rings. The molecule has 2 aliphatic rings. The third-order valence-corrected chi connectivity index (χ3v) is 6.66. The lowest BCUT2D eigenvalue weighted by atomic mass is 9.89. The van der Waals surface area contributed by atoms with Crippen molar-refractivity contribution in [1.29, 1.82) is 0 Å². The number of rotatable bonds is 8. The van der Waals surface area contributed by atoms with Gasteiger partial charge in [0.2, 0.25) is 23.6 Å². The Labute approximate surface area is 204 Å². The van der Waals surface area contributed by atoms with Gasteiger partial charge in [0.1, 0.15) is 11.3 Å². The number of nitrogens with one attached hydrogen (secondary N) is 2. The van der Waals surface area contributed by atoms with E-state index in [1.807, 2.05) is 0 Å². The molecule has 0 bridgehead atoms. The molecule has 2 fully saturated rings. The first kappa shape index (κ1) is 24.7. The molecule has 1 aromatic carbocycles. The van der Waals surface area contributed by atoms with Gasteiger partial charge in [-0.1, -0.05) is 30.8 Å². The van der Waals surface area contributed by atoms with E-state index in [1.165, 1.54) is 6.92 Å². The molecule has 2 heterocycles. The Morgan fingerprint density at radius 3 is 2.60 bits per heavy atom. The maximum absolute atomic E-state index is 12.6. The summed E-state index contributed by atoms with van der Waals surface area (Å²) in [7, 11) is 1.56. The second kappa shape index (κ2) is 10.9. The van der Waals surface area contributed by atoms with Gasteiger partial charge in [0, 0.05) is 38.4 Å². The Morgan fingerprint density at radius 2 is 1.94 bits per heavy atom. The third-order valence-electron chi connectivity index (χ3n) is 6.66. The van der Waals surface area contributed by atoms with Crippen LogP contribution in [0.1, 0.15) is 76.4 Å². The standard InChI is InChI=1S/C25H33N5O5/c1-17(31)28-25(13-5-3-4-6-14-25)24-27-22(35-29-24)12-11-21(32)26-18-9-10-20(34-2)19(16-18)30-15-7-8-23(30)33/h9-10,16H,3-8,11-15H2,1-2H3,(H,26,32)(H,28,31). The van der Waals surface area contributed by atoms with E-state index >= 15 is 0 Å². The van der Waals surface area contributed by atoms with Crippen LogP contribution in [-0.4, -0.2) is 41.5 Å². The number of nitrogens with zero attached hydrogens (tertiary/aromatic N) is 3. The number of amides is 3. The molecule has 1 aliphatic carbocycles. The lowest BCUT2D eigenvalue weighted by Crippen LogP contribution is -2.45.